The molecule has 2 aromatic rings. The average molecular weight is 416 g/mol. The highest BCUT2D eigenvalue weighted by Crippen LogP contribution is 2.14. The summed E-state index contributed by atoms with van der Waals surface area (Å²) in [7, 11) is 0. The lowest BCUT2D eigenvalue weighted by molar-refractivity contribution is -0.154. The van der Waals surface area contributed by atoms with E-state index in [0.717, 1.165) is 0 Å². The molecule has 0 N–H and O–H groups in total. The van der Waals surface area contributed by atoms with Gasteiger partial charge in [0.05, 0.1) is 4.88 Å². The Morgan fingerprint density at radius 2 is 1.66 bits per heavy atom. The number of benzene rings is 1. The van der Waals surface area contributed by atoms with Gasteiger partial charge in [-0.3, -0.25) is 14.4 Å². The molecule has 1 aromatic carbocycles. The first-order valence-corrected chi connectivity index (χ1v) is 9.89. The standard InChI is InChI=1S/C20H20N2O6S/c23-12-15-3-5-16(6-4-15)27-14-19(25)28-13-18(24)21-7-9-22(10-8-21)20(26)17-2-1-11-29-17/h1-6,11-12H,7-10,13-14H2. The lowest BCUT2D eigenvalue weighted by atomic mass is 10.2. The van der Waals surface area contributed by atoms with E-state index in [1.54, 1.807) is 40.1 Å². The molecule has 1 fully saturated rings. The zero-order chi connectivity index (χ0) is 20.6. The topological polar surface area (TPSA) is 93.2 Å². The van der Waals surface area contributed by atoms with Gasteiger partial charge >= 0.3 is 5.97 Å². The summed E-state index contributed by atoms with van der Waals surface area (Å²) in [4.78, 5) is 50.9. The number of nitrogens with zero attached hydrogens (tertiary/aromatic N) is 2. The molecule has 29 heavy (non-hydrogen) atoms. The molecule has 1 saturated heterocycles. The maximum atomic E-state index is 12.3. The van der Waals surface area contributed by atoms with Crippen molar-refractivity contribution in [1.82, 2.24) is 9.80 Å². The molecular weight excluding hydrogens is 396 g/mol. The van der Waals surface area contributed by atoms with Crippen LogP contribution in [0.15, 0.2) is 41.8 Å². The number of thiophene rings is 1. The van der Waals surface area contributed by atoms with Crippen LogP contribution in [0, 0.1) is 0 Å². The van der Waals surface area contributed by atoms with Crippen molar-refractivity contribution < 1.29 is 28.7 Å². The second kappa shape index (κ2) is 9.83. The van der Waals surface area contributed by atoms with Gasteiger partial charge in [0.15, 0.2) is 13.2 Å². The van der Waals surface area contributed by atoms with Crippen LogP contribution in [-0.4, -0.2) is 73.3 Å². The first-order chi connectivity index (χ1) is 14.1. The van der Waals surface area contributed by atoms with E-state index in [4.69, 9.17) is 9.47 Å². The molecule has 0 atom stereocenters. The Hall–Kier alpha value is -3.20. The normalized spacial score (nSPS) is 13.7. The first kappa shape index (κ1) is 20.5. The first-order valence-electron chi connectivity index (χ1n) is 9.01. The van der Waals surface area contributed by atoms with Crippen molar-refractivity contribution in [3.63, 3.8) is 0 Å². The summed E-state index contributed by atoms with van der Waals surface area (Å²) in [6, 6.07) is 9.89. The summed E-state index contributed by atoms with van der Waals surface area (Å²) in [5, 5.41) is 1.85. The molecule has 1 aliphatic rings. The lowest BCUT2D eigenvalue weighted by Gasteiger charge is -2.34. The van der Waals surface area contributed by atoms with Crippen molar-refractivity contribution in [2.45, 2.75) is 0 Å². The van der Waals surface area contributed by atoms with E-state index in [0.29, 0.717) is 48.7 Å². The fourth-order valence-electron chi connectivity index (χ4n) is 2.78. The summed E-state index contributed by atoms with van der Waals surface area (Å²) in [5.74, 6) is -0.580. The molecule has 152 valence electrons. The van der Waals surface area contributed by atoms with Gasteiger partial charge in [0, 0.05) is 31.7 Å². The van der Waals surface area contributed by atoms with Gasteiger partial charge in [-0.05, 0) is 35.7 Å². The number of carbonyl (C=O) groups excluding carboxylic acids is 4. The van der Waals surface area contributed by atoms with Crippen LogP contribution >= 0.6 is 11.3 Å². The molecule has 8 nitrogen and oxygen atoms in total. The zero-order valence-electron chi connectivity index (χ0n) is 15.6. The molecule has 9 heteroatoms. The van der Waals surface area contributed by atoms with Crippen molar-refractivity contribution in [3.8, 4) is 5.75 Å². The quantitative estimate of drug-likeness (QED) is 0.501. The predicted molar refractivity (Wildman–Crippen MR) is 105 cm³/mol. The van der Waals surface area contributed by atoms with E-state index >= 15 is 0 Å². The Kier molecular flexibility index (Phi) is 6.96. The average Bonchev–Trinajstić information content (AvgIpc) is 3.31. The van der Waals surface area contributed by atoms with Gasteiger partial charge in [0.1, 0.15) is 12.0 Å². The monoisotopic (exact) mass is 416 g/mol. The van der Waals surface area contributed by atoms with E-state index < -0.39 is 5.97 Å². The minimum atomic E-state index is -0.663. The predicted octanol–water partition coefficient (Wildman–Crippen LogP) is 1.47. The third kappa shape index (κ3) is 5.64. The molecule has 0 saturated carbocycles. The maximum absolute atomic E-state index is 12.3. The van der Waals surface area contributed by atoms with E-state index in [1.165, 1.54) is 11.3 Å². The van der Waals surface area contributed by atoms with Crippen LogP contribution in [0.1, 0.15) is 20.0 Å². The fourth-order valence-corrected chi connectivity index (χ4v) is 3.47. The molecule has 2 heterocycles. The number of rotatable bonds is 7. The van der Waals surface area contributed by atoms with Crippen LogP contribution in [0.4, 0.5) is 0 Å². The Morgan fingerprint density at radius 1 is 0.966 bits per heavy atom. The summed E-state index contributed by atoms with van der Waals surface area (Å²) in [6.07, 6.45) is 0.710. The van der Waals surface area contributed by atoms with Gasteiger partial charge < -0.3 is 19.3 Å². The van der Waals surface area contributed by atoms with E-state index in [9.17, 15) is 19.2 Å². The molecule has 0 radical (unpaired) electrons. The van der Waals surface area contributed by atoms with Gasteiger partial charge in [-0.15, -0.1) is 11.3 Å². The van der Waals surface area contributed by atoms with Crippen LogP contribution < -0.4 is 4.74 Å². The second-order valence-electron chi connectivity index (χ2n) is 6.29. The number of ether oxygens (including phenoxy) is 2. The van der Waals surface area contributed by atoms with Crippen molar-refractivity contribution in [2.75, 3.05) is 39.4 Å². The summed E-state index contributed by atoms with van der Waals surface area (Å²) in [6.45, 7) is 0.967. The summed E-state index contributed by atoms with van der Waals surface area (Å²) < 4.78 is 10.2. The van der Waals surface area contributed by atoms with Gasteiger partial charge in [-0.1, -0.05) is 6.07 Å². The molecule has 1 aliphatic heterocycles. The highest BCUT2D eigenvalue weighted by molar-refractivity contribution is 7.12. The second-order valence-corrected chi connectivity index (χ2v) is 7.23. The third-order valence-corrected chi connectivity index (χ3v) is 5.24. The van der Waals surface area contributed by atoms with Crippen LogP contribution in [0.2, 0.25) is 0 Å². The van der Waals surface area contributed by atoms with Crippen LogP contribution in [0.5, 0.6) is 5.75 Å². The van der Waals surface area contributed by atoms with Crippen LogP contribution in [0.3, 0.4) is 0 Å². The number of esters is 1. The Bertz CT molecular complexity index is 858. The van der Waals surface area contributed by atoms with Crippen molar-refractivity contribution >= 4 is 35.4 Å². The maximum Gasteiger partial charge on any atom is 0.344 e. The number of aldehydes is 1. The number of carbonyl (C=O) groups is 4. The molecule has 3 rings (SSSR count). The minimum Gasteiger partial charge on any atom is -0.482 e. The molecule has 1 aromatic heterocycles. The van der Waals surface area contributed by atoms with Crippen LogP contribution in [-0.2, 0) is 14.3 Å². The molecule has 0 aliphatic carbocycles. The van der Waals surface area contributed by atoms with Crippen molar-refractivity contribution in [1.29, 1.82) is 0 Å². The molecule has 0 bridgehead atoms. The van der Waals surface area contributed by atoms with Gasteiger partial charge in [-0.2, -0.15) is 0 Å². The Balaban J connectivity index is 1.36. The van der Waals surface area contributed by atoms with E-state index in [2.05, 4.69) is 0 Å². The molecular formula is C20H20N2O6S. The Labute approximate surface area is 171 Å². The van der Waals surface area contributed by atoms with Gasteiger partial charge in [0.2, 0.25) is 0 Å². The summed E-state index contributed by atoms with van der Waals surface area (Å²) >= 11 is 1.39. The van der Waals surface area contributed by atoms with E-state index in [-0.39, 0.29) is 25.0 Å². The van der Waals surface area contributed by atoms with E-state index in [1.807, 2.05) is 11.4 Å². The lowest BCUT2D eigenvalue weighted by Crippen LogP contribution is -2.51. The van der Waals surface area contributed by atoms with Crippen molar-refractivity contribution in [3.05, 3.63) is 52.2 Å². The number of hydrogen-bond acceptors (Lipinski definition) is 7. The smallest absolute Gasteiger partial charge is 0.344 e. The van der Waals surface area contributed by atoms with Crippen molar-refractivity contribution in [2.24, 2.45) is 0 Å². The SMILES string of the molecule is O=Cc1ccc(OCC(=O)OCC(=O)N2CCN(C(=O)c3cccs3)CC2)cc1. The highest BCUT2D eigenvalue weighted by Gasteiger charge is 2.25. The van der Waals surface area contributed by atoms with Gasteiger partial charge in [-0.25, -0.2) is 4.79 Å². The summed E-state index contributed by atoms with van der Waals surface area (Å²) in [5.41, 5.74) is 0.503. The van der Waals surface area contributed by atoms with Gasteiger partial charge in [0.25, 0.3) is 11.8 Å². The number of hydrogen-bond donors (Lipinski definition) is 0. The fraction of sp³-hybridized carbons (Fsp3) is 0.300. The number of amides is 2. The zero-order valence-corrected chi connectivity index (χ0v) is 16.4. The van der Waals surface area contributed by atoms with Crippen LogP contribution in [0.25, 0.3) is 0 Å². The molecule has 0 spiro atoms. The Morgan fingerprint density at radius 3 is 2.28 bits per heavy atom. The highest BCUT2D eigenvalue weighted by atomic mass is 32.1. The largest absolute Gasteiger partial charge is 0.482 e. The number of piperazine rings is 1. The third-order valence-electron chi connectivity index (χ3n) is 4.38. The minimum absolute atomic E-state index is 0.0307. The molecule has 0 unspecified atom stereocenters. The molecule has 2 amide bonds.